The maximum Gasteiger partial charge on any atom is 0.317 e. The number of nitrogens with zero attached hydrogens (tertiary/aromatic N) is 2. The molecule has 1 aliphatic heterocycles. The van der Waals surface area contributed by atoms with Crippen LogP contribution in [0.3, 0.4) is 0 Å². The smallest absolute Gasteiger partial charge is 0.317 e. The van der Waals surface area contributed by atoms with Gasteiger partial charge in [-0.15, -0.1) is 0 Å². The number of urea groups is 1. The van der Waals surface area contributed by atoms with Gasteiger partial charge in [0.1, 0.15) is 0 Å². The van der Waals surface area contributed by atoms with E-state index in [1.807, 2.05) is 4.90 Å². The van der Waals surface area contributed by atoms with E-state index in [-0.39, 0.29) is 17.9 Å². The molecule has 6 nitrogen and oxygen atoms in total. The summed E-state index contributed by atoms with van der Waals surface area (Å²) in [6.07, 6.45) is 4.36. The predicted octanol–water partition coefficient (Wildman–Crippen LogP) is 0.640. The van der Waals surface area contributed by atoms with Gasteiger partial charge in [-0.25, -0.2) is 4.79 Å². The van der Waals surface area contributed by atoms with Gasteiger partial charge in [0.05, 0.1) is 0 Å². The first-order valence-electron chi connectivity index (χ1n) is 8.23. The molecule has 1 heterocycles. The van der Waals surface area contributed by atoms with Gasteiger partial charge in [-0.05, 0) is 19.4 Å². The molecule has 0 spiro atoms. The summed E-state index contributed by atoms with van der Waals surface area (Å²) in [7, 11) is 0. The molecular formula is C15H28N4O2. The fraction of sp³-hybridized carbons (Fsp3) is 0.867. The molecule has 1 saturated heterocycles. The van der Waals surface area contributed by atoms with Gasteiger partial charge in [0.25, 0.3) is 0 Å². The fourth-order valence-electron chi connectivity index (χ4n) is 3.07. The molecule has 0 radical (unpaired) electrons. The minimum Gasteiger partial charge on any atom is -0.354 e. The highest BCUT2D eigenvalue weighted by molar-refractivity contribution is 5.79. The first kappa shape index (κ1) is 16.1. The van der Waals surface area contributed by atoms with Crippen LogP contribution in [0.25, 0.3) is 0 Å². The Kier molecular flexibility index (Phi) is 6.29. The van der Waals surface area contributed by atoms with Gasteiger partial charge in [0.2, 0.25) is 5.91 Å². The van der Waals surface area contributed by atoms with Crippen molar-refractivity contribution in [2.24, 2.45) is 5.92 Å². The van der Waals surface area contributed by atoms with Crippen molar-refractivity contribution in [1.82, 2.24) is 20.4 Å². The predicted molar refractivity (Wildman–Crippen MR) is 82.1 cm³/mol. The number of hydrogen-bond donors (Lipinski definition) is 2. The topological polar surface area (TPSA) is 64.7 Å². The molecule has 2 fully saturated rings. The van der Waals surface area contributed by atoms with Gasteiger partial charge in [-0.2, -0.15) is 0 Å². The molecular weight excluding hydrogens is 268 g/mol. The van der Waals surface area contributed by atoms with Crippen molar-refractivity contribution in [3.05, 3.63) is 0 Å². The van der Waals surface area contributed by atoms with Crippen LogP contribution in [0, 0.1) is 5.92 Å². The van der Waals surface area contributed by atoms with Crippen molar-refractivity contribution in [1.29, 1.82) is 0 Å². The van der Waals surface area contributed by atoms with Crippen LogP contribution in [0.4, 0.5) is 4.79 Å². The van der Waals surface area contributed by atoms with Gasteiger partial charge in [-0.1, -0.05) is 19.8 Å². The highest BCUT2D eigenvalue weighted by Gasteiger charge is 2.22. The maximum absolute atomic E-state index is 12.0. The van der Waals surface area contributed by atoms with Gasteiger partial charge in [0, 0.05) is 45.2 Å². The Morgan fingerprint density at radius 1 is 1.00 bits per heavy atom. The van der Waals surface area contributed by atoms with Gasteiger partial charge in [-0.3, -0.25) is 4.79 Å². The number of rotatable bonds is 5. The lowest BCUT2D eigenvalue weighted by atomic mass is 10.1. The number of amides is 3. The summed E-state index contributed by atoms with van der Waals surface area (Å²) in [6, 6.07) is -0.0131. The molecule has 0 aromatic heterocycles. The zero-order valence-corrected chi connectivity index (χ0v) is 13.1. The number of likely N-dealkylation sites (N-methyl/N-ethyl adjacent to an activating group) is 1. The van der Waals surface area contributed by atoms with E-state index in [1.165, 1.54) is 12.8 Å². The fourth-order valence-corrected chi connectivity index (χ4v) is 3.07. The largest absolute Gasteiger partial charge is 0.354 e. The lowest BCUT2D eigenvalue weighted by molar-refractivity contribution is -0.124. The summed E-state index contributed by atoms with van der Waals surface area (Å²) in [4.78, 5) is 28.0. The number of hydrogen-bond acceptors (Lipinski definition) is 3. The van der Waals surface area contributed by atoms with Crippen LogP contribution >= 0.6 is 0 Å². The third-order valence-electron chi connectivity index (χ3n) is 4.53. The van der Waals surface area contributed by atoms with Gasteiger partial charge in [0.15, 0.2) is 0 Å². The summed E-state index contributed by atoms with van der Waals surface area (Å²) in [5.41, 5.74) is 0. The van der Waals surface area contributed by atoms with E-state index in [2.05, 4.69) is 22.5 Å². The Balaban J connectivity index is 1.56. The van der Waals surface area contributed by atoms with Crippen molar-refractivity contribution < 1.29 is 9.59 Å². The van der Waals surface area contributed by atoms with E-state index in [9.17, 15) is 9.59 Å². The summed E-state index contributed by atoms with van der Waals surface area (Å²) >= 11 is 0. The van der Waals surface area contributed by atoms with Gasteiger partial charge >= 0.3 is 6.03 Å². The normalized spacial score (nSPS) is 20.5. The minimum absolute atomic E-state index is 0.0131. The molecule has 0 aromatic rings. The van der Waals surface area contributed by atoms with E-state index >= 15 is 0 Å². The molecule has 0 bridgehead atoms. The van der Waals surface area contributed by atoms with Crippen LogP contribution in [0.15, 0.2) is 0 Å². The molecule has 3 amide bonds. The van der Waals surface area contributed by atoms with Crippen molar-refractivity contribution in [3.63, 3.8) is 0 Å². The molecule has 1 saturated carbocycles. The second kappa shape index (κ2) is 8.22. The summed E-state index contributed by atoms with van der Waals surface area (Å²) in [5.74, 6) is 0.348. The highest BCUT2D eigenvalue weighted by atomic mass is 16.2. The molecule has 21 heavy (non-hydrogen) atoms. The second-order valence-electron chi connectivity index (χ2n) is 5.93. The van der Waals surface area contributed by atoms with Crippen molar-refractivity contribution in [3.8, 4) is 0 Å². The molecule has 120 valence electrons. The first-order chi connectivity index (χ1) is 10.2. The molecule has 2 aliphatic rings. The lowest BCUT2D eigenvalue weighted by Gasteiger charge is -2.34. The van der Waals surface area contributed by atoms with Crippen molar-refractivity contribution in [2.75, 3.05) is 45.8 Å². The zero-order chi connectivity index (χ0) is 15.1. The number of nitrogens with one attached hydrogen (secondary N) is 2. The number of carbonyl (C=O) groups excluding carboxylic acids is 2. The van der Waals surface area contributed by atoms with Crippen LogP contribution in [0.1, 0.15) is 32.6 Å². The molecule has 2 rings (SSSR count). The molecule has 0 unspecified atom stereocenters. The standard InChI is InChI=1S/C15H28N4O2/c1-2-18-9-11-19(12-10-18)15(21)17-8-7-16-14(20)13-5-3-4-6-13/h13H,2-12H2,1H3,(H,16,20)(H,17,21). The Morgan fingerprint density at radius 2 is 1.62 bits per heavy atom. The molecule has 1 aliphatic carbocycles. The third kappa shape index (κ3) is 4.88. The van der Waals surface area contributed by atoms with Gasteiger partial charge < -0.3 is 20.4 Å². The molecule has 6 heteroatoms. The summed E-state index contributed by atoms with van der Waals surface area (Å²) < 4.78 is 0. The number of carbonyl (C=O) groups is 2. The van der Waals surface area contributed by atoms with E-state index in [0.29, 0.717) is 13.1 Å². The van der Waals surface area contributed by atoms with E-state index in [1.54, 1.807) is 0 Å². The maximum atomic E-state index is 12.0. The van der Waals surface area contributed by atoms with Crippen LogP contribution in [0.2, 0.25) is 0 Å². The van der Waals surface area contributed by atoms with Crippen molar-refractivity contribution in [2.45, 2.75) is 32.6 Å². The van der Waals surface area contributed by atoms with E-state index < -0.39 is 0 Å². The molecule has 0 aromatic carbocycles. The summed E-state index contributed by atoms with van der Waals surface area (Å²) in [5, 5.41) is 5.80. The molecule has 0 atom stereocenters. The average Bonchev–Trinajstić information content (AvgIpc) is 3.05. The SMILES string of the molecule is CCN1CCN(C(=O)NCCNC(=O)C2CCCC2)CC1. The molecule has 2 N–H and O–H groups in total. The second-order valence-corrected chi connectivity index (χ2v) is 5.93. The minimum atomic E-state index is -0.0131. The first-order valence-corrected chi connectivity index (χ1v) is 8.23. The summed E-state index contributed by atoms with van der Waals surface area (Å²) in [6.45, 7) is 7.68. The van der Waals surface area contributed by atoms with Crippen LogP contribution < -0.4 is 10.6 Å². The monoisotopic (exact) mass is 296 g/mol. The average molecular weight is 296 g/mol. The van der Waals surface area contributed by atoms with Crippen molar-refractivity contribution >= 4 is 11.9 Å². The van der Waals surface area contributed by atoms with Crippen LogP contribution in [-0.4, -0.2) is 67.6 Å². The quantitative estimate of drug-likeness (QED) is 0.732. The Hall–Kier alpha value is -1.30. The Bertz CT molecular complexity index is 348. The Labute approximate surface area is 127 Å². The van der Waals surface area contributed by atoms with E-state index in [0.717, 1.165) is 45.6 Å². The number of piperazine rings is 1. The van der Waals surface area contributed by atoms with E-state index in [4.69, 9.17) is 0 Å². The van der Waals surface area contributed by atoms with Crippen LogP contribution in [-0.2, 0) is 4.79 Å². The third-order valence-corrected chi connectivity index (χ3v) is 4.53. The van der Waals surface area contributed by atoms with Crippen LogP contribution in [0.5, 0.6) is 0 Å². The highest BCUT2D eigenvalue weighted by Crippen LogP contribution is 2.24. The Morgan fingerprint density at radius 3 is 2.24 bits per heavy atom. The lowest BCUT2D eigenvalue weighted by Crippen LogP contribution is -2.52. The zero-order valence-electron chi connectivity index (χ0n) is 13.1.